The average Bonchev–Trinajstić information content (AvgIpc) is 2.66. The number of carbonyl (C=O) groups excluding carboxylic acids is 2. The van der Waals surface area contributed by atoms with E-state index in [4.69, 9.17) is 4.74 Å². The Morgan fingerprint density at radius 2 is 1.82 bits per heavy atom. The number of rotatable bonds is 8. The maximum Gasteiger partial charge on any atom is 0.338 e. The number of esters is 1. The van der Waals surface area contributed by atoms with Gasteiger partial charge in [-0.15, -0.1) is 0 Å². The number of sulfonamides is 1. The molecule has 7 nitrogen and oxygen atoms in total. The Morgan fingerprint density at radius 3 is 2.46 bits per heavy atom. The molecule has 1 atom stereocenters. The minimum atomic E-state index is -3.72. The van der Waals surface area contributed by atoms with Crippen LogP contribution in [0.5, 0.6) is 0 Å². The number of hydrogen-bond donors (Lipinski definition) is 2. The summed E-state index contributed by atoms with van der Waals surface area (Å²) in [5.74, 6) is -0.595. The van der Waals surface area contributed by atoms with Crippen molar-refractivity contribution in [1.29, 1.82) is 0 Å². The summed E-state index contributed by atoms with van der Waals surface area (Å²) in [7, 11) is -3.72. The number of hydrogen-bond acceptors (Lipinski definition) is 5. The molecule has 1 amide bonds. The van der Waals surface area contributed by atoms with E-state index in [1.165, 1.54) is 50.5 Å². The zero-order valence-electron chi connectivity index (χ0n) is 16.7. The fraction of sp³-hybridized carbons (Fsp3) is 0.600. The van der Waals surface area contributed by atoms with Gasteiger partial charge in [-0.3, -0.25) is 4.79 Å². The summed E-state index contributed by atoms with van der Waals surface area (Å²) in [4.78, 5) is 24.5. The van der Waals surface area contributed by atoms with Gasteiger partial charge in [-0.2, -0.15) is 0 Å². The molecular weight excluding hydrogens is 380 g/mol. The fourth-order valence-corrected chi connectivity index (χ4v) is 4.53. The molecule has 0 aliphatic heterocycles. The number of carbonyl (C=O) groups is 2. The van der Waals surface area contributed by atoms with Gasteiger partial charge < -0.3 is 10.1 Å². The van der Waals surface area contributed by atoms with E-state index in [2.05, 4.69) is 10.0 Å². The monoisotopic (exact) mass is 410 g/mol. The van der Waals surface area contributed by atoms with Crippen LogP contribution in [0.3, 0.4) is 0 Å². The largest absolute Gasteiger partial charge is 0.449 e. The molecule has 2 rings (SSSR count). The van der Waals surface area contributed by atoms with Gasteiger partial charge in [-0.25, -0.2) is 17.9 Å². The van der Waals surface area contributed by atoms with Crippen LogP contribution >= 0.6 is 0 Å². The van der Waals surface area contributed by atoms with Crippen molar-refractivity contribution in [2.24, 2.45) is 5.92 Å². The summed E-state index contributed by atoms with van der Waals surface area (Å²) in [5.41, 5.74) is 0.0820. The Bertz CT molecular complexity index is 786. The van der Waals surface area contributed by atoms with Crippen LogP contribution in [-0.2, 0) is 19.6 Å². The van der Waals surface area contributed by atoms with Crippen molar-refractivity contribution >= 4 is 21.9 Å². The lowest BCUT2D eigenvalue weighted by molar-refractivity contribution is -0.129. The third-order valence-corrected chi connectivity index (χ3v) is 6.37. The molecule has 1 unspecified atom stereocenters. The van der Waals surface area contributed by atoms with Gasteiger partial charge in [0.25, 0.3) is 5.91 Å². The standard InChI is InChI=1S/C20H30N2O5S/c1-14(2)22-28(25,26)18-11-7-10-17(12-18)20(24)27-15(3)19(23)21-13-16-8-5-4-6-9-16/h7,10-12,14-16,22H,4-6,8-9,13H2,1-3H3,(H,21,23). The zero-order chi connectivity index (χ0) is 20.7. The molecule has 1 aliphatic rings. The number of ether oxygens (including phenoxy) is 1. The molecule has 1 aliphatic carbocycles. The van der Waals surface area contributed by atoms with Crippen LogP contribution < -0.4 is 10.0 Å². The molecule has 1 aromatic rings. The quantitative estimate of drug-likeness (QED) is 0.642. The highest BCUT2D eigenvalue weighted by Gasteiger charge is 2.22. The van der Waals surface area contributed by atoms with Crippen molar-refractivity contribution in [3.05, 3.63) is 29.8 Å². The third kappa shape index (κ3) is 6.60. The molecule has 0 heterocycles. The van der Waals surface area contributed by atoms with Crippen molar-refractivity contribution in [1.82, 2.24) is 10.0 Å². The molecule has 1 fully saturated rings. The molecule has 28 heavy (non-hydrogen) atoms. The molecule has 2 N–H and O–H groups in total. The van der Waals surface area contributed by atoms with E-state index < -0.39 is 22.1 Å². The van der Waals surface area contributed by atoms with Gasteiger partial charge in [0, 0.05) is 12.6 Å². The Kier molecular flexibility index (Phi) is 8.00. The third-order valence-electron chi connectivity index (χ3n) is 4.71. The van der Waals surface area contributed by atoms with E-state index in [1.54, 1.807) is 13.8 Å². The Hall–Kier alpha value is -1.93. The Balaban J connectivity index is 1.94. The highest BCUT2D eigenvalue weighted by molar-refractivity contribution is 7.89. The highest BCUT2D eigenvalue weighted by Crippen LogP contribution is 2.22. The number of amides is 1. The summed E-state index contributed by atoms with van der Waals surface area (Å²) in [6.45, 7) is 5.52. The SMILES string of the molecule is CC(C)NS(=O)(=O)c1cccc(C(=O)OC(C)C(=O)NCC2CCCCC2)c1. The van der Waals surface area contributed by atoms with Crippen molar-refractivity contribution in [3.63, 3.8) is 0 Å². The lowest BCUT2D eigenvalue weighted by Gasteiger charge is -2.22. The molecule has 0 radical (unpaired) electrons. The summed E-state index contributed by atoms with van der Waals surface area (Å²) in [6, 6.07) is 5.32. The van der Waals surface area contributed by atoms with Crippen molar-refractivity contribution in [2.75, 3.05) is 6.54 Å². The molecular formula is C20H30N2O5S. The zero-order valence-corrected chi connectivity index (χ0v) is 17.6. The first-order valence-corrected chi connectivity index (χ1v) is 11.3. The minimum Gasteiger partial charge on any atom is -0.449 e. The van der Waals surface area contributed by atoms with E-state index in [1.807, 2.05) is 0 Å². The molecule has 156 valence electrons. The first-order chi connectivity index (χ1) is 13.2. The van der Waals surface area contributed by atoms with Gasteiger partial charge in [-0.05, 0) is 57.7 Å². The van der Waals surface area contributed by atoms with Gasteiger partial charge in [0.05, 0.1) is 10.5 Å². The van der Waals surface area contributed by atoms with E-state index >= 15 is 0 Å². The first kappa shape index (κ1) is 22.4. The van der Waals surface area contributed by atoms with Gasteiger partial charge in [0.15, 0.2) is 6.10 Å². The van der Waals surface area contributed by atoms with Gasteiger partial charge >= 0.3 is 5.97 Å². The van der Waals surface area contributed by atoms with E-state index in [0.29, 0.717) is 12.5 Å². The molecule has 0 aromatic heterocycles. The predicted molar refractivity (Wildman–Crippen MR) is 106 cm³/mol. The van der Waals surface area contributed by atoms with Crippen molar-refractivity contribution in [2.45, 2.75) is 69.9 Å². The summed E-state index contributed by atoms with van der Waals surface area (Å²) >= 11 is 0. The predicted octanol–water partition coefficient (Wildman–Crippen LogP) is 2.62. The first-order valence-electron chi connectivity index (χ1n) is 9.80. The maximum atomic E-state index is 12.3. The molecule has 8 heteroatoms. The summed E-state index contributed by atoms with van der Waals surface area (Å²) in [6.07, 6.45) is 4.90. The summed E-state index contributed by atoms with van der Waals surface area (Å²) in [5, 5.41) is 2.84. The number of nitrogens with one attached hydrogen (secondary N) is 2. The number of benzene rings is 1. The van der Waals surface area contributed by atoms with Crippen LogP contribution in [0.4, 0.5) is 0 Å². The molecule has 0 spiro atoms. The van der Waals surface area contributed by atoms with E-state index in [-0.39, 0.29) is 22.4 Å². The second-order valence-electron chi connectivity index (χ2n) is 7.60. The maximum absolute atomic E-state index is 12.3. The molecule has 1 aromatic carbocycles. The minimum absolute atomic E-state index is 0.0231. The molecule has 0 bridgehead atoms. The van der Waals surface area contributed by atoms with E-state index in [9.17, 15) is 18.0 Å². The lowest BCUT2D eigenvalue weighted by Crippen LogP contribution is -2.38. The van der Waals surface area contributed by atoms with Crippen LogP contribution in [0, 0.1) is 5.92 Å². The fourth-order valence-electron chi connectivity index (χ4n) is 3.23. The smallest absolute Gasteiger partial charge is 0.338 e. The van der Waals surface area contributed by atoms with E-state index in [0.717, 1.165) is 12.8 Å². The van der Waals surface area contributed by atoms with Gasteiger partial charge in [0.1, 0.15) is 0 Å². The Labute approximate surface area is 167 Å². The van der Waals surface area contributed by atoms with Gasteiger partial charge in [0.2, 0.25) is 10.0 Å². The summed E-state index contributed by atoms with van der Waals surface area (Å²) < 4.78 is 32.2. The van der Waals surface area contributed by atoms with Gasteiger partial charge in [-0.1, -0.05) is 25.3 Å². The highest BCUT2D eigenvalue weighted by atomic mass is 32.2. The van der Waals surface area contributed by atoms with Crippen molar-refractivity contribution in [3.8, 4) is 0 Å². The van der Waals surface area contributed by atoms with Crippen LogP contribution in [0.25, 0.3) is 0 Å². The second-order valence-corrected chi connectivity index (χ2v) is 9.31. The molecule has 0 saturated heterocycles. The second kappa shape index (κ2) is 10.0. The average molecular weight is 411 g/mol. The topological polar surface area (TPSA) is 102 Å². The molecule has 1 saturated carbocycles. The van der Waals surface area contributed by atoms with Crippen molar-refractivity contribution < 1.29 is 22.7 Å². The van der Waals surface area contributed by atoms with Crippen LogP contribution in [0.2, 0.25) is 0 Å². The lowest BCUT2D eigenvalue weighted by atomic mass is 9.89. The van der Waals surface area contributed by atoms with Crippen LogP contribution in [-0.4, -0.2) is 39.0 Å². The Morgan fingerprint density at radius 1 is 1.14 bits per heavy atom. The normalized spacial score (nSPS) is 16.6. The van der Waals surface area contributed by atoms with Crippen LogP contribution in [0.15, 0.2) is 29.2 Å². The van der Waals surface area contributed by atoms with Crippen LogP contribution in [0.1, 0.15) is 63.2 Å².